The van der Waals surface area contributed by atoms with Gasteiger partial charge < -0.3 is 5.73 Å². The first-order valence-electron chi connectivity index (χ1n) is 3.56. The lowest BCUT2D eigenvalue weighted by molar-refractivity contribution is 0.708. The summed E-state index contributed by atoms with van der Waals surface area (Å²) in [4.78, 5) is 0. The second-order valence-corrected chi connectivity index (χ2v) is 3.27. The van der Waals surface area contributed by atoms with Crippen LogP contribution in [-0.4, -0.2) is 4.41 Å². The van der Waals surface area contributed by atoms with Crippen LogP contribution in [0.2, 0.25) is 5.02 Å². The van der Waals surface area contributed by atoms with Gasteiger partial charge in [-0.2, -0.15) is 0 Å². The molecule has 0 spiro atoms. The van der Waals surface area contributed by atoms with Crippen molar-refractivity contribution < 1.29 is 0 Å². The molecule has 0 aliphatic rings. The molecular formula is C8H10ClN3S. The summed E-state index contributed by atoms with van der Waals surface area (Å²) < 4.78 is 1.16. The topological polar surface area (TPSA) is 55.3 Å². The number of halogens is 1. The molecule has 1 rings (SSSR count). The van der Waals surface area contributed by atoms with Gasteiger partial charge in [-0.25, -0.2) is 5.84 Å². The van der Waals surface area contributed by atoms with Crippen LogP contribution in [0.25, 0.3) is 5.70 Å². The lowest BCUT2D eigenvalue weighted by atomic mass is 10.2. The third-order valence-corrected chi connectivity index (χ3v) is 2.01. The number of thiol groups is 1. The van der Waals surface area contributed by atoms with Gasteiger partial charge in [0.2, 0.25) is 0 Å². The molecule has 13 heavy (non-hydrogen) atoms. The normalized spacial score (nSPS) is 11.5. The molecule has 0 saturated carbocycles. The highest BCUT2D eigenvalue weighted by atomic mass is 35.5. The van der Waals surface area contributed by atoms with E-state index in [1.165, 1.54) is 6.20 Å². The Hall–Kier alpha value is -0.840. The van der Waals surface area contributed by atoms with E-state index in [0.29, 0.717) is 10.7 Å². The number of hydrogen-bond acceptors (Lipinski definition) is 4. The van der Waals surface area contributed by atoms with Gasteiger partial charge in [-0.3, -0.25) is 4.41 Å². The smallest absolute Gasteiger partial charge is 0.0868 e. The summed E-state index contributed by atoms with van der Waals surface area (Å²) in [5, 5.41) is 0.669. The zero-order valence-corrected chi connectivity index (χ0v) is 8.46. The maximum atomic E-state index is 5.72. The van der Waals surface area contributed by atoms with E-state index < -0.39 is 0 Å². The number of rotatable bonds is 2. The van der Waals surface area contributed by atoms with Crippen LogP contribution in [-0.2, 0) is 0 Å². The molecule has 5 heteroatoms. The first-order chi connectivity index (χ1) is 6.15. The lowest BCUT2D eigenvalue weighted by Gasteiger charge is -2.14. The Kier molecular flexibility index (Phi) is 3.48. The third-order valence-electron chi connectivity index (χ3n) is 1.54. The van der Waals surface area contributed by atoms with Gasteiger partial charge in [-0.15, -0.1) is 0 Å². The van der Waals surface area contributed by atoms with Crippen LogP contribution in [0.4, 0.5) is 0 Å². The van der Waals surface area contributed by atoms with Gasteiger partial charge in [0.25, 0.3) is 0 Å². The highest BCUT2D eigenvalue weighted by Gasteiger charge is 2.03. The van der Waals surface area contributed by atoms with E-state index in [9.17, 15) is 0 Å². The molecule has 3 nitrogen and oxygen atoms in total. The molecule has 1 aromatic carbocycles. The zero-order valence-electron chi connectivity index (χ0n) is 6.81. The molecule has 0 aliphatic heterocycles. The standard InChI is InChI=1S/C8H10ClN3S/c9-7-3-1-6(2-4-7)8(5-10)12(11)13/h1-5,13H,10-11H2/b8-5-. The van der Waals surface area contributed by atoms with Crippen LogP contribution in [0.1, 0.15) is 5.56 Å². The van der Waals surface area contributed by atoms with Crippen molar-refractivity contribution in [3.8, 4) is 0 Å². The van der Waals surface area contributed by atoms with Crippen LogP contribution >= 0.6 is 24.4 Å². The second kappa shape index (κ2) is 4.41. The molecule has 0 fully saturated rings. The van der Waals surface area contributed by atoms with Crippen molar-refractivity contribution in [1.29, 1.82) is 0 Å². The van der Waals surface area contributed by atoms with Crippen LogP contribution in [0, 0.1) is 0 Å². The quantitative estimate of drug-likeness (QED) is 0.399. The highest BCUT2D eigenvalue weighted by Crippen LogP contribution is 2.18. The molecule has 1 aromatic rings. The molecule has 0 atom stereocenters. The minimum absolute atomic E-state index is 0.625. The van der Waals surface area contributed by atoms with Crippen molar-refractivity contribution in [3.63, 3.8) is 0 Å². The average Bonchev–Trinajstić information content (AvgIpc) is 2.09. The predicted octanol–water partition coefficient (Wildman–Crippen LogP) is 1.62. The monoisotopic (exact) mass is 215 g/mol. The number of nitrogens with zero attached hydrogens (tertiary/aromatic N) is 1. The minimum Gasteiger partial charge on any atom is -0.403 e. The summed E-state index contributed by atoms with van der Waals surface area (Å²) in [6.07, 6.45) is 1.39. The van der Waals surface area contributed by atoms with Gasteiger partial charge in [-0.05, 0) is 24.9 Å². The Bertz CT molecular complexity index is 308. The van der Waals surface area contributed by atoms with Crippen LogP contribution < -0.4 is 11.6 Å². The summed E-state index contributed by atoms with van der Waals surface area (Å²) in [6.45, 7) is 0. The Labute approximate surface area is 87.5 Å². The molecule has 0 unspecified atom stereocenters. The number of benzene rings is 1. The SMILES string of the molecule is N/C=C(/c1ccc(Cl)cc1)N(N)S. The molecule has 0 saturated heterocycles. The Morgan fingerprint density at radius 2 is 1.92 bits per heavy atom. The van der Waals surface area contributed by atoms with Crippen molar-refractivity contribution in [2.24, 2.45) is 11.6 Å². The summed E-state index contributed by atoms with van der Waals surface area (Å²) >= 11 is 9.66. The Balaban J connectivity index is 3.00. The van der Waals surface area contributed by atoms with Gasteiger partial charge in [-0.1, -0.05) is 23.7 Å². The van der Waals surface area contributed by atoms with Crippen molar-refractivity contribution in [3.05, 3.63) is 41.1 Å². The summed E-state index contributed by atoms with van der Waals surface area (Å²) in [5.41, 5.74) is 6.87. The van der Waals surface area contributed by atoms with E-state index in [4.69, 9.17) is 23.2 Å². The summed E-state index contributed by atoms with van der Waals surface area (Å²) in [6, 6.07) is 7.16. The van der Waals surface area contributed by atoms with E-state index in [0.717, 1.165) is 9.98 Å². The van der Waals surface area contributed by atoms with Gasteiger partial charge >= 0.3 is 0 Å². The van der Waals surface area contributed by atoms with Crippen molar-refractivity contribution in [2.75, 3.05) is 0 Å². The van der Waals surface area contributed by atoms with Crippen molar-refractivity contribution >= 4 is 30.1 Å². The predicted molar refractivity (Wildman–Crippen MR) is 58.6 cm³/mol. The maximum absolute atomic E-state index is 5.72. The first-order valence-corrected chi connectivity index (χ1v) is 4.34. The van der Waals surface area contributed by atoms with Gasteiger partial charge in [0.15, 0.2) is 0 Å². The largest absolute Gasteiger partial charge is 0.403 e. The van der Waals surface area contributed by atoms with Gasteiger partial charge in [0.1, 0.15) is 0 Å². The van der Waals surface area contributed by atoms with Crippen LogP contribution in [0.5, 0.6) is 0 Å². The fourth-order valence-electron chi connectivity index (χ4n) is 0.926. The summed E-state index contributed by atoms with van der Waals surface area (Å²) in [5.74, 6) is 5.43. The average molecular weight is 216 g/mol. The van der Waals surface area contributed by atoms with E-state index in [1.54, 1.807) is 12.1 Å². The molecule has 0 aliphatic carbocycles. The molecule has 0 heterocycles. The van der Waals surface area contributed by atoms with Gasteiger partial charge in [0, 0.05) is 16.8 Å². The molecule has 70 valence electrons. The van der Waals surface area contributed by atoms with E-state index >= 15 is 0 Å². The molecule has 0 bridgehead atoms. The fraction of sp³-hybridized carbons (Fsp3) is 0. The molecule has 0 aromatic heterocycles. The minimum atomic E-state index is 0.625. The highest BCUT2D eigenvalue weighted by molar-refractivity contribution is 7.78. The second-order valence-electron chi connectivity index (χ2n) is 2.40. The van der Waals surface area contributed by atoms with E-state index in [1.807, 2.05) is 12.1 Å². The van der Waals surface area contributed by atoms with E-state index in [2.05, 4.69) is 12.8 Å². The number of hydrogen-bond donors (Lipinski definition) is 3. The molecular weight excluding hydrogens is 206 g/mol. The molecule has 0 radical (unpaired) electrons. The van der Waals surface area contributed by atoms with Crippen molar-refractivity contribution in [1.82, 2.24) is 4.41 Å². The zero-order chi connectivity index (χ0) is 9.84. The Morgan fingerprint density at radius 1 is 1.38 bits per heavy atom. The first kappa shape index (κ1) is 10.2. The Morgan fingerprint density at radius 3 is 2.31 bits per heavy atom. The lowest BCUT2D eigenvalue weighted by Crippen LogP contribution is -2.19. The maximum Gasteiger partial charge on any atom is 0.0868 e. The van der Waals surface area contributed by atoms with Gasteiger partial charge in [0.05, 0.1) is 5.70 Å². The van der Waals surface area contributed by atoms with Crippen molar-refractivity contribution in [2.45, 2.75) is 0 Å². The molecule has 4 N–H and O–H groups in total. The fourth-order valence-corrected chi connectivity index (χ4v) is 1.23. The number of nitrogens with two attached hydrogens (primary N) is 2. The molecule has 0 amide bonds. The summed E-state index contributed by atoms with van der Waals surface area (Å²) in [7, 11) is 0. The van der Waals surface area contributed by atoms with Crippen LogP contribution in [0.3, 0.4) is 0 Å². The number of hydrazine groups is 1. The third kappa shape index (κ3) is 2.55. The van der Waals surface area contributed by atoms with Crippen LogP contribution in [0.15, 0.2) is 30.5 Å². The van der Waals surface area contributed by atoms with E-state index in [-0.39, 0.29) is 0 Å².